The first kappa shape index (κ1) is 36.9. The number of ether oxygens (including phenoxy) is 1. The molecule has 0 aliphatic rings. The predicted molar refractivity (Wildman–Crippen MR) is 145 cm³/mol. The first-order chi connectivity index (χ1) is 17.0. The van der Waals surface area contributed by atoms with Crippen molar-refractivity contribution in [2.45, 2.75) is 60.8 Å². The zero-order valence-electron chi connectivity index (χ0n) is 22.5. The summed E-state index contributed by atoms with van der Waals surface area (Å²) in [6.45, 7) is 16.6. The van der Waals surface area contributed by atoms with Gasteiger partial charge in [0.1, 0.15) is 30.3 Å². The van der Waals surface area contributed by atoms with Crippen molar-refractivity contribution in [2.75, 3.05) is 6.67 Å². The number of aldehydes is 1. The Labute approximate surface area is 215 Å². The fourth-order valence-electron chi connectivity index (χ4n) is 2.30. The summed E-state index contributed by atoms with van der Waals surface area (Å²) in [5.74, 6) is -0.165. The van der Waals surface area contributed by atoms with Crippen LogP contribution in [0.2, 0.25) is 0 Å². The zero-order valence-corrected chi connectivity index (χ0v) is 22.5. The Bertz CT molecular complexity index is 882. The Balaban J connectivity index is -0.000000567. The smallest absolute Gasteiger partial charge is 0.218 e. The minimum absolute atomic E-state index is 0.0667. The number of primary amides is 1. The van der Waals surface area contributed by atoms with Crippen molar-refractivity contribution >= 4 is 23.8 Å². The van der Waals surface area contributed by atoms with E-state index in [0.717, 1.165) is 29.6 Å². The van der Waals surface area contributed by atoms with E-state index in [1.165, 1.54) is 13.8 Å². The van der Waals surface area contributed by atoms with Crippen LogP contribution in [0.1, 0.15) is 58.6 Å². The topological polar surface area (TPSA) is 104 Å². The van der Waals surface area contributed by atoms with Gasteiger partial charge < -0.3 is 15.3 Å². The fourth-order valence-corrected chi connectivity index (χ4v) is 2.30. The van der Waals surface area contributed by atoms with Gasteiger partial charge in [0.05, 0.1) is 0 Å². The average molecular weight is 504 g/mol. The number of amides is 1. The van der Waals surface area contributed by atoms with Crippen molar-refractivity contribution in [1.29, 1.82) is 0 Å². The molecule has 1 aromatic rings. The highest BCUT2D eigenvalue weighted by atomic mass is 19.1. The first-order valence-corrected chi connectivity index (χ1v) is 11.6. The van der Waals surface area contributed by atoms with Crippen LogP contribution in [0.25, 0.3) is 0 Å². The molecule has 1 unspecified atom stereocenters. The Hall–Kier alpha value is -3.61. The van der Waals surface area contributed by atoms with Gasteiger partial charge in [0.2, 0.25) is 5.91 Å². The van der Waals surface area contributed by atoms with Gasteiger partial charge >= 0.3 is 0 Å². The van der Waals surface area contributed by atoms with Crippen LogP contribution in [0.15, 0.2) is 67.5 Å². The number of benzene rings is 1. The summed E-state index contributed by atoms with van der Waals surface area (Å²) in [4.78, 5) is 40.7. The summed E-state index contributed by atoms with van der Waals surface area (Å²) in [6, 6.07) is 5.79. The van der Waals surface area contributed by atoms with E-state index in [4.69, 9.17) is 15.3 Å². The standard InChI is InChI=1S/C18H22O2.C6H10FNO2.C3H6.C2H4O/c1-5-7-8-9-17(6-2)20-18-11-10-14(3)16(13-18)12-15(4)19;1-4(2-6(8)10)5(9)3-7;1-3-2;1-2-3/h6-11,13H,2,5,12H2,1,3-4H3;4H,2-3H2,1H3,(H2,8,10);3H,1H2,2H3;2H,1H3/b8-7-,17-9+;;;. The molecule has 0 aliphatic heterocycles. The summed E-state index contributed by atoms with van der Waals surface area (Å²) < 4.78 is 17.4. The van der Waals surface area contributed by atoms with Gasteiger partial charge in [-0.1, -0.05) is 44.7 Å². The molecule has 0 saturated carbocycles. The van der Waals surface area contributed by atoms with Gasteiger partial charge in [-0.05, 0) is 69.5 Å². The monoisotopic (exact) mass is 503 g/mol. The number of carbonyl (C=O) groups is 4. The number of aryl methyl sites for hydroxylation is 1. The number of rotatable bonds is 11. The normalized spacial score (nSPS) is 10.7. The molecule has 1 atom stereocenters. The van der Waals surface area contributed by atoms with Crippen LogP contribution in [0.3, 0.4) is 0 Å². The molecule has 200 valence electrons. The molecular formula is C29H42FNO5. The largest absolute Gasteiger partial charge is 0.457 e. The molecule has 6 nitrogen and oxygen atoms in total. The van der Waals surface area contributed by atoms with E-state index in [9.17, 15) is 18.8 Å². The Morgan fingerprint density at radius 1 is 1.19 bits per heavy atom. The summed E-state index contributed by atoms with van der Waals surface area (Å²) in [5, 5.41) is 0. The van der Waals surface area contributed by atoms with Gasteiger partial charge in [-0.3, -0.25) is 14.4 Å². The fraction of sp³-hybridized carbons (Fsp3) is 0.379. The van der Waals surface area contributed by atoms with Gasteiger partial charge in [0.15, 0.2) is 5.78 Å². The van der Waals surface area contributed by atoms with Crippen LogP contribution >= 0.6 is 0 Å². The summed E-state index contributed by atoms with van der Waals surface area (Å²) in [7, 11) is 0. The van der Waals surface area contributed by atoms with Crippen LogP contribution in [0, 0.1) is 12.8 Å². The van der Waals surface area contributed by atoms with Crippen molar-refractivity contribution in [3.63, 3.8) is 0 Å². The lowest BCUT2D eigenvalue weighted by molar-refractivity contribution is -0.127. The van der Waals surface area contributed by atoms with E-state index in [2.05, 4.69) is 20.1 Å². The highest BCUT2D eigenvalue weighted by Crippen LogP contribution is 2.20. The molecule has 0 fully saturated rings. The number of ketones is 2. The zero-order chi connectivity index (χ0) is 28.5. The van der Waals surface area contributed by atoms with E-state index >= 15 is 0 Å². The second kappa shape index (κ2) is 24.5. The maximum absolute atomic E-state index is 11.6. The quantitative estimate of drug-likeness (QED) is 0.173. The number of carbonyl (C=O) groups excluding carboxylic acids is 4. The second-order valence-corrected chi connectivity index (χ2v) is 7.49. The summed E-state index contributed by atoms with van der Waals surface area (Å²) in [6.07, 6.45) is 11.4. The predicted octanol–water partition coefficient (Wildman–Crippen LogP) is 5.98. The van der Waals surface area contributed by atoms with Crippen molar-refractivity contribution < 1.29 is 28.3 Å². The third-order valence-corrected chi connectivity index (χ3v) is 4.02. The number of hydrogen-bond acceptors (Lipinski definition) is 5. The third-order valence-electron chi connectivity index (χ3n) is 4.02. The molecular weight excluding hydrogens is 461 g/mol. The lowest BCUT2D eigenvalue weighted by Gasteiger charge is -2.09. The maximum Gasteiger partial charge on any atom is 0.218 e. The lowest BCUT2D eigenvalue weighted by atomic mass is 10.0. The van der Waals surface area contributed by atoms with E-state index < -0.39 is 24.3 Å². The molecule has 7 heteroatoms. The van der Waals surface area contributed by atoms with Crippen LogP contribution in [0.4, 0.5) is 4.39 Å². The van der Waals surface area contributed by atoms with Crippen molar-refractivity contribution in [3.05, 3.63) is 78.6 Å². The van der Waals surface area contributed by atoms with Crippen LogP contribution in [-0.4, -0.2) is 30.4 Å². The van der Waals surface area contributed by atoms with E-state index in [-0.39, 0.29) is 12.2 Å². The number of allylic oxidation sites excluding steroid dienone is 5. The van der Waals surface area contributed by atoms with E-state index in [0.29, 0.717) is 12.2 Å². The molecule has 1 rings (SSSR count). The number of nitrogens with two attached hydrogens (primary N) is 1. The molecule has 0 heterocycles. The van der Waals surface area contributed by atoms with Crippen molar-refractivity contribution in [1.82, 2.24) is 0 Å². The minimum atomic E-state index is -1.02. The second-order valence-electron chi connectivity index (χ2n) is 7.49. The van der Waals surface area contributed by atoms with E-state index in [1.807, 2.05) is 50.3 Å². The third kappa shape index (κ3) is 22.2. The molecule has 0 bridgehead atoms. The van der Waals surface area contributed by atoms with Gasteiger partial charge in [0, 0.05) is 18.8 Å². The van der Waals surface area contributed by atoms with Crippen LogP contribution < -0.4 is 10.5 Å². The SMILES string of the molecule is C=C/C(=C\C=C/CC)Oc1ccc(C)c(CC(C)=O)c1.C=CC.CC(CC(N)=O)C(=O)CF.CC=O. The molecule has 2 N–H and O–H groups in total. The minimum Gasteiger partial charge on any atom is -0.457 e. The first-order valence-electron chi connectivity index (χ1n) is 11.6. The maximum atomic E-state index is 11.6. The number of alkyl halides is 1. The molecule has 0 saturated heterocycles. The van der Waals surface area contributed by atoms with Gasteiger partial charge in [-0.2, -0.15) is 0 Å². The van der Waals surface area contributed by atoms with Gasteiger partial charge in [-0.15, -0.1) is 6.58 Å². The highest BCUT2D eigenvalue weighted by molar-refractivity contribution is 5.86. The highest BCUT2D eigenvalue weighted by Gasteiger charge is 2.14. The molecule has 0 radical (unpaired) electrons. The number of Topliss-reactive ketones (excluding diaryl/α,β-unsaturated/α-hetero) is 2. The molecule has 0 aliphatic carbocycles. The Kier molecular flexibility index (Phi) is 25.2. The lowest BCUT2D eigenvalue weighted by Crippen LogP contribution is -2.21. The average Bonchev–Trinajstić information content (AvgIpc) is 2.80. The Morgan fingerprint density at radius 2 is 1.75 bits per heavy atom. The van der Waals surface area contributed by atoms with Crippen molar-refractivity contribution in [2.24, 2.45) is 11.7 Å². The van der Waals surface area contributed by atoms with Gasteiger partial charge in [-0.25, -0.2) is 4.39 Å². The molecule has 0 spiro atoms. The van der Waals surface area contributed by atoms with Crippen molar-refractivity contribution in [3.8, 4) is 5.75 Å². The van der Waals surface area contributed by atoms with E-state index in [1.54, 1.807) is 19.1 Å². The van der Waals surface area contributed by atoms with Crippen LogP contribution in [0.5, 0.6) is 5.75 Å². The number of halogens is 1. The molecule has 1 amide bonds. The Morgan fingerprint density at radius 3 is 2.17 bits per heavy atom. The number of hydrogen-bond donors (Lipinski definition) is 1. The molecule has 0 aromatic heterocycles. The van der Waals surface area contributed by atoms with Crippen LogP contribution in [-0.2, 0) is 25.6 Å². The van der Waals surface area contributed by atoms with Gasteiger partial charge in [0.25, 0.3) is 0 Å². The summed E-state index contributed by atoms with van der Waals surface area (Å²) in [5.41, 5.74) is 6.87. The molecule has 36 heavy (non-hydrogen) atoms. The molecule has 1 aromatic carbocycles. The summed E-state index contributed by atoms with van der Waals surface area (Å²) >= 11 is 0.